The van der Waals surface area contributed by atoms with Gasteiger partial charge in [0.2, 0.25) is 0 Å². The second-order valence-electron chi connectivity index (χ2n) is 19.6. The van der Waals surface area contributed by atoms with Crippen molar-refractivity contribution in [2.24, 2.45) is 0 Å². The standard InChI is InChI=1S/C54H104NO8P/c1-6-8-10-12-14-16-18-20-22-24-26-27-29-31-33-35-37-39-41-43-45-47-54(57)63-52(51-62-64(58,59)61-49-48-55(3,4)5)50-60-53(56)46-44-42-40-38-36-34-32-30-28-25-23-21-19-17-15-13-11-9-7-2/h20-23,52H,6-19,24-51H2,1-5H3/b22-20+,23-21+/t52-/m1/s1. The third-order valence-electron chi connectivity index (χ3n) is 11.9. The van der Waals surface area contributed by atoms with E-state index in [1.54, 1.807) is 0 Å². The van der Waals surface area contributed by atoms with Crippen molar-refractivity contribution in [1.82, 2.24) is 0 Å². The maximum absolute atomic E-state index is 12.8. The Morgan fingerprint density at radius 2 is 0.797 bits per heavy atom. The van der Waals surface area contributed by atoms with E-state index in [4.69, 9.17) is 18.5 Å². The minimum Gasteiger partial charge on any atom is -0.756 e. The van der Waals surface area contributed by atoms with Crippen LogP contribution in [0.15, 0.2) is 24.3 Å². The summed E-state index contributed by atoms with van der Waals surface area (Å²) in [7, 11) is 1.17. The summed E-state index contributed by atoms with van der Waals surface area (Å²) in [4.78, 5) is 37.8. The molecule has 0 bridgehead atoms. The van der Waals surface area contributed by atoms with Crippen molar-refractivity contribution in [3.63, 3.8) is 0 Å². The molecule has 0 spiro atoms. The maximum Gasteiger partial charge on any atom is 0.306 e. The number of hydrogen-bond donors (Lipinski definition) is 0. The topological polar surface area (TPSA) is 111 Å². The van der Waals surface area contributed by atoms with Crippen LogP contribution in [0.2, 0.25) is 0 Å². The Hall–Kier alpha value is -1.51. The van der Waals surface area contributed by atoms with Gasteiger partial charge in [-0.15, -0.1) is 0 Å². The SMILES string of the molecule is CCCCCCCC/C=C/CCCCCCCCCCCCCC(=O)O[C@H](COC(=O)CCCCCCCCCCC/C=C/CCCCCCCC)COP(=O)([O-])OCC[N+](C)(C)C. The molecule has 64 heavy (non-hydrogen) atoms. The van der Waals surface area contributed by atoms with Crippen LogP contribution in [0, 0.1) is 0 Å². The number of allylic oxidation sites excluding steroid dienone is 4. The number of unbranched alkanes of at least 4 members (excludes halogenated alkanes) is 32. The summed E-state index contributed by atoms with van der Waals surface area (Å²) in [6.07, 6.45) is 53.5. The van der Waals surface area contributed by atoms with Crippen molar-refractivity contribution < 1.29 is 42.1 Å². The molecule has 0 rings (SSSR count). The molecule has 0 aromatic carbocycles. The van der Waals surface area contributed by atoms with Gasteiger partial charge in [-0.1, -0.05) is 205 Å². The highest BCUT2D eigenvalue weighted by atomic mass is 31.2. The van der Waals surface area contributed by atoms with Gasteiger partial charge in [0.1, 0.15) is 19.8 Å². The van der Waals surface area contributed by atoms with Crippen molar-refractivity contribution in [3.05, 3.63) is 24.3 Å². The van der Waals surface area contributed by atoms with Crippen LogP contribution in [-0.4, -0.2) is 70.0 Å². The summed E-state index contributed by atoms with van der Waals surface area (Å²) in [5.41, 5.74) is 0. The lowest BCUT2D eigenvalue weighted by molar-refractivity contribution is -0.870. The van der Waals surface area contributed by atoms with E-state index in [-0.39, 0.29) is 32.0 Å². The van der Waals surface area contributed by atoms with Crippen LogP contribution in [0.3, 0.4) is 0 Å². The predicted molar refractivity (Wildman–Crippen MR) is 268 cm³/mol. The van der Waals surface area contributed by atoms with Crippen LogP contribution in [0.4, 0.5) is 0 Å². The van der Waals surface area contributed by atoms with Gasteiger partial charge in [0.05, 0.1) is 27.7 Å². The van der Waals surface area contributed by atoms with Gasteiger partial charge in [-0.05, 0) is 64.2 Å². The number of likely N-dealkylation sites (N-methyl/N-ethyl adjacent to an activating group) is 1. The second-order valence-corrected chi connectivity index (χ2v) is 21.0. The number of rotatable bonds is 50. The van der Waals surface area contributed by atoms with Gasteiger partial charge in [0, 0.05) is 12.8 Å². The molecule has 1 unspecified atom stereocenters. The average Bonchev–Trinajstić information content (AvgIpc) is 3.25. The van der Waals surface area contributed by atoms with Gasteiger partial charge in [0.25, 0.3) is 7.82 Å². The van der Waals surface area contributed by atoms with Crippen LogP contribution in [-0.2, 0) is 32.7 Å². The molecule has 0 aliphatic rings. The van der Waals surface area contributed by atoms with Crippen LogP contribution in [0.5, 0.6) is 0 Å². The van der Waals surface area contributed by atoms with E-state index in [0.717, 1.165) is 38.5 Å². The van der Waals surface area contributed by atoms with E-state index in [2.05, 4.69) is 38.2 Å². The predicted octanol–water partition coefficient (Wildman–Crippen LogP) is 15.6. The number of quaternary nitrogens is 1. The van der Waals surface area contributed by atoms with E-state index in [1.807, 2.05) is 21.1 Å². The van der Waals surface area contributed by atoms with E-state index in [9.17, 15) is 19.0 Å². The van der Waals surface area contributed by atoms with Gasteiger partial charge >= 0.3 is 11.9 Å². The Labute approximate surface area is 396 Å². The Bertz CT molecular complexity index is 1140. The molecule has 9 nitrogen and oxygen atoms in total. The Morgan fingerprint density at radius 1 is 0.469 bits per heavy atom. The molecule has 0 saturated heterocycles. The lowest BCUT2D eigenvalue weighted by Gasteiger charge is -2.28. The van der Waals surface area contributed by atoms with Gasteiger partial charge in [0.15, 0.2) is 6.10 Å². The third-order valence-corrected chi connectivity index (χ3v) is 12.9. The number of hydrogen-bond acceptors (Lipinski definition) is 8. The van der Waals surface area contributed by atoms with Crippen LogP contribution in [0.25, 0.3) is 0 Å². The molecule has 0 aliphatic heterocycles. The molecule has 0 radical (unpaired) electrons. The first-order valence-corrected chi connectivity index (χ1v) is 28.5. The normalized spacial score (nSPS) is 13.5. The number of phosphoric acid groups is 1. The number of phosphoric ester groups is 1. The lowest BCUT2D eigenvalue weighted by Crippen LogP contribution is -2.37. The molecule has 0 aromatic rings. The zero-order valence-electron chi connectivity index (χ0n) is 42.7. The fourth-order valence-electron chi connectivity index (χ4n) is 7.71. The first kappa shape index (κ1) is 62.5. The van der Waals surface area contributed by atoms with Gasteiger partial charge < -0.3 is 27.9 Å². The quantitative estimate of drug-likeness (QED) is 0.0195. The van der Waals surface area contributed by atoms with E-state index in [1.165, 1.54) is 186 Å². The Balaban J connectivity index is 4.20. The largest absolute Gasteiger partial charge is 0.756 e. The number of ether oxygens (including phenoxy) is 2. The van der Waals surface area contributed by atoms with Gasteiger partial charge in [-0.25, -0.2) is 0 Å². The molecule has 0 fully saturated rings. The summed E-state index contributed by atoms with van der Waals surface area (Å²) in [6, 6.07) is 0. The highest BCUT2D eigenvalue weighted by Crippen LogP contribution is 2.38. The first-order valence-electron chi connectivity index (χ1n) is 27.0. The zero-order chi connectivity index (χ0) is 47.1. The van der Waals surface area contributed by atoms with E-state index >= 15 is 0 Å². The van der Waals surface area contributed by atoms with Crippen molar-refractivity contribution >= 4 is 19.8 Å². The summed E-state index contributed by atoms with van der Waals surface area (Å²) < 4.78 is 34.1. The van der Waals surface area contributed by atoms with Crippen LogP contribution >= 0.6 is 7.82 Å². The number of esters is 2. The average molecular weight is 926 g/mol. The van der Waals surface area contributed by atoms with Crippen molar-refractivity contribution in [3.8, 4) is 0 Å². The highest BCUT2D eigenvalue weighted by Gasteiger charge is 2.21. The fraction of sp³-hybridized carbons (Fsp3) is 0.889. The Morgan fingerprint density at radius 3 is 1.16 bits per heavy atom. The fourth-order valence-corrected chi connectivity index (χ4v) is 8.43. The summed E-state index contributed by atoms with van der Waals surface area (Å²) in [5, 5.41) is 0. The van der Waals surface area contributed by atoms with Crippen molar-refractivity contribution in [2.45, 2.75) is 264 Å². The Kier molecular flexibility index (Phi) is 45.5. The van der Waals surface area contributed by atoms with E-state index < -0.39 is 26.5 Å². The molecule has 0 N–H and O–H groups in total. The molecule has 0 saturated carbocycles. The van der Waals surface area contributed by atoms with Gasteiger partial charge in [-0.3, -0.25) is 14.2 Å². The molecule has 0 aliphatic carbocycles. The summed E-state index contributed by atoms with van der Waals surface area (Å²) in [5.74, 6) is -0.825. The molecule has 0 heterocycles. The van der Waals surface area contributed by atoms with E-state index in [0.29, 0.717) is 17.4 Å². The number of nitrogens with zero attached hydrogens (tertiary/aromatic N) is 1. The smallest absolute Gasteiger partial charge is 0.306 e. The van der Waals surface area contributed by atoms with Crippen molar-refractivity contribution in [1.29, 1.82) is 0 Å². The summed E-state index contributed by atoms with van der Waals surface area (Å²) >= 11 is 0. The molecular weight excluding hydrogens is 822 g/mol. The lowest BCUT2D eigenvalue weighted by atomic mass is 10.0. The highest BCUT2D eigenvalue weighted by molar-refractivity contribution is 7.45. The number of carbonyl (C=O) groups excluding carboxylic acids is 2. The zero-order valence-corrected chi connectivity index (χ0v) is 43.6. The minimum absolute atomic E-state index is 0.0293. The third kappa shape index (κ3) is 49.9. The molecule has 378 valence electrons. The first-order chi connectivity index (χ1) is 31.0. The molecule has 0 amide bonds. The van der Waals surface area contributed by atoms with Crippen LogP contribution < -0.4 is 4.89 Å². The monoisotopic (exact) mass is 926 g/mol. The molecule has 0 aromatic heterocycles. The summed E-state index contributed by atoms with van der Waals surface area (Å²) in [6.45, 7) is 4.26. The maximum atomic E-state index is 12.8. The van der Waals surface area contributed by atoms with Crippen molar-refractivity contribution in [2.75, 3.05) is 47.5 Å². The minimum atomic E-state index is -4.63. The molecule has 2 atom stereocenters. The van der Waals surface area contributed by atoms with Crippen LogP contribution in [0.1, 0.15) is 258 Å². The van der Waals surface area contributed by atoms with Gasteiger partial charge in [-0.2, -0.15) is 0 Å². The number of carbonyl (C=O) groups is 2. The molecule has 10 heteroatoms. The second kappa shape index (κ2) is 46.6. The molecular formula is C54H104NO8P.